The standard InChI is InChI=1S/C54H72O4S2/c1-39(21-15-23-43(5)37-49(51-45(7)25-17-35-53(51,9)10)59(55,56)47-31-27-41(3)28-32-47)19-13-14-20-40(2)22-16-24-44(6)38-50(52-46(8)26-18-36-54(52,11)12)60(57,58)48-33-29-42(4)30-34-48/h13-16,19-24,27-34,49-50H,17-18,25-26,35-38H2,1-12H3/b14-13+,21-15+,22-16+,39-19+,40-20+,43-23+,44-24+. The SMILES string of the molecule is CC1=C(C(C/C(C)=C/C=C/C(C)=C/C=C/C=C(C)/C=C/C=C(\C)CC(C2=C(C)CCCC2(C)C)S(=O)(=O)c2ccc(C)cc2)S(=O)(=O)c2ccc(C)cc2)C(C)(C)CCC1. The average Bonchev–Trinajstić information content (AvgIpc) is 3.15. The van der Waals surface area contributed by atoms with Crippen molar-refractivity contribution < 1.29 is 16.8 Å². The van der Waals surface area contributed by atoms with E-state index in [2.05, 4.69) is 79.7 Å². The highest BCUT2D eigenvalue weighted by Crippen LogP contribution is 2.47. The lowest BCUT2D eigenvalue weighted by atomic mass is 9.70. The number of hydrogen-bond acceptors (Lipinski definition) is 4. The minimum atomic E-state index is -3.60. The summed E-state index contributed by atoms with van der Waals surface area (Å²) in [6, 6.07) is 14.6. The van der Waals surface area contributed by atoms with Crippen molar-refractivity contribution >= 4 is 19.7 Å². The highest BCUT2D eigenvalue weighted by atomic mass is 32.2. The van der Waals surface area contributed by atoms with Crippen LogP contribution in [0.1, 0.15) is 132 Å². The molecule has 60 heavy (non-hydrogen) atoms. The van der Waals surface area contributed by atoms with Gasteiger partial charge in [0, 0.05) is 0 Å². The summed E-state index contributed by atoms with van der Waals surface area (Å²) in [7, 11) is -7.20. The molecule has 0 heterocycles. The Labute approximate surface area is 365 Å². The summed E-state index contributed by atoms with van der Waals surface area (Å²) < 4.78 is 57.0. The van der Waals surface area contributed by atoms with Crippen LogP contribution < -0.4 is 0 Å². The molecule has 2 aromatic rings. The van der Waals surface area contributed by atoms with Crippen LogP contribution in [0.25, 0.3) is 0 Å². The first-order valence-corrected chi connectivity index (χ1v) is 24.9. The van der Waals surface area contributed by atoms with Gasteiger partial charge in [-0.2, -0.15) is 0 Å². The molecule has 2 unspecified atom stereocenters. The second kappa shape index (κ2) is 20.7. The molecule has 0 N–H and O–H groups in total. The van der Waals surface area contributed by atoms with Crippen molar-refractivity contribution in [1.82, 2.24) is 0 Å². The van der Waals surface area contributed by atoms with Crippen LogP contribution in [0.5, 0.6) is 0 Å². The smallest absolute Gasteiger partial charge is 0.185 e. The van der Waals surface area contributed by atoms with E-state index in [1.54, 1.807) is 24.3 Å². The molecular weight excluding hydrogens is 777 g/mol. The summed E-state index contributed by atoms with van der Waals surface area (Å²) in [5.74, 6) is 0. The van der Waals surface area contributed by atoms with Crippen LogP contribution in [0.4, 0.5) is 0 Å². The third-order valence-electron chi connectivity index (χ3n) is 12.5. The van der Waals surface area contributed by atoms with E-state index in [-0.39, 0.29) is 10.8 Å². The lowest BCUT2D eigenvalue weighted by Crippen LogP contribution is -2.34. The van der Waals surface area contributed by atoms with E-state index in [9.17, 15) is 16.8 Å². The van der Waals surface area contributed by atoms with Gasteiger partial charge in [0.25, 0.3) is 0 Å². The molecule has 2 atom stereocenters. The number of benzene rings is 2. The molecular formula is C54H72O4S2. The molecule has 0 spiro atoms. The molecule has 2 aromatic carbocycles. The third-order valence-corrected chi connectivity index (χ3v) is 16.7. The Hall–Kier alpha value is -4.00. The number of sulfone groups is 2. The van der Waals surface area contributed by atoms with Crippen LogP contribution in [0.15, 0.2) is 164 Å². The summed E-state index contributed by atoms with van der Waals surface area (Å²) in [6.07, 6.45) is 27.3. The molecule has 0 amide bonds. The van der Waals surface area contributed by atoms with Crippen molar-refractivity contribution in [3.63, 3.8) is 0 Å². The van der Waals surface area contributed by atoms with E-state index < -0.39 is 30.2 Å². The second-order valence-corrected chi connectivity index (χ2v) is 23.2. The van der Waals surface area contributed by atoms with Gasteiger partial charge in [-0.05, 0) is 153 Å². The molecule has 0 bridgehead atoms. The first-order valence-electron chi connectivity index (χ1n) is 21.8. The zero-order valence-electron chi connectivity index (χ0n) is 38.7. The van der Waals surface area contributed by atoms with Gasteiger partial charge in [0.1, 0.15) is 0 Å². The van der Waals surface area contributed by atoms with Crippen LogP contribution in [0, 0.1) is 24.7 Å². The van der Waals surface area contributed by atoms with Crippen molar-refractivity contribution in [3.8, 4) is 0 Å². The first kappa shape index (κ1) is 48.7. The first-order chi connectivity index (χ1) is 28.1. The number of allylic oxidation sites excluding steroid dienone is 16. The maximum absolute atomic E-state index is 14.3. The molecule has 0 radical (unpaired) electrons. The van der Waals surface area contributed by atoms with Crippen LogP contribution >= 0.6 is 0 Å². The van der Waals surface area contributed by atoms with Gasteiger partial charge < -0.3 is 0 Å². The van der Waals surface area contributed by atoms with Gasteiger partial charge in [-0.1, -0.05) is 157 Å². The van der Waals surface area contributed by atoms with Gasteiger partial charge in [0.2, 0.25) is 0 Å². The molecule has 4 rings (SSSR count). The van der Waals surface area contributed by atoms with E-state index in [1.807, 2.05) is 88.4 Å². The van der Waals surface area contributed by atoms with E-state index >= 15 is 0 Å². The van der Waals surface area contributed by atoms with Crippen molar-refractivity contribution in [3.05, 3.63) is 165 Å². The monoisotopic (exact) mass is 848 g/mol. The summed E-state index contributed by atoms with van der Waals surface area (Å²) >= 11 is 0. The zero-order valence-corrected chi connectivity index (χ0v) is 40.3. The van der Waals surface area contributed by atoms with Crippen molar-refractivity contribution in [2.24, 2.45) is 10.8 Å². The van der Waals surface area contributed by atoms with E-state index in [0.717, 1.165) is 83.1 Å². The molecule has 0 aromatic heterocycles. The highest BCUT2D eigenvalue weighted by Gasteiger charge is 2.42. The van der Waals surface area contributed by atoms with Crippen LogP contribution in [0.3, 0.4) is 0 Å². The van der Waals surface area contributed by atoms with Gasteiger partial charge >= 0.3 is 0 Å². The van der Waals surface area contributed by atoms with Crippen LogP contribution in [-0.4, -0.2) is 27.3 Å². The van der Waals surface area contributed by atoms with E-state index in [0.29, 0.717) is 22.6 Å². The van der Waals surface area contributed by atoms with Gasteiger partial charge in [0.05, 0.1) is 20.3 Å². The number of rotatable bonds is 16. The Morgan fingerprint density at radius 1 is 0.533 bits per heavy atom. The number of hydrogen-bond donors (Lipinski definition) is 0. The molecule has 4 nitrogen and oxygen atoms in total. The molecule has 2 aliphatic carbocycles. The van der Waals surface area contributed by atoms with Crippen molar-refractivity contribution in [2.45, 2.75) is 155 Å². The summed E-state index contributed by atoms with van der Waals surface area (Å²) in [6.45, 7) is 25.2. The predicted molar refractivity (Wildman–Crippen MR) is 257 cm³/mol. The Kier molecular flexibility index (Phi) is 16.8. The van der Waals surface area contributed by atoms with Gasteiger partial charge in [-0.25, -0.2) is 16.8 Å². The van der Waals surface area contributed by atoms with Crippen molar-refractivity contribution in [2.75, 3.05) is 0 Å². The average molecular weight is 849 g/mol. The Balaban J connectivity index is 1.44. The fraction of sp³-hybridized carbons (Fsp3) is 0.444. The second-order valence-electron chi connectivity index (χ2n) is 18.9. The summed E-state index contributed by atoms with van der Waals surface area (Å²) in [5, 5.41) is -1.20. The molecule has 0 saturated carbocycles. The Morgan fingerprint density at radius 3 is 1.18 bits per heavy atom. The minimum Gasteiger partial charge on any atom is -0.223 e. The quantitative estimate of drug-likeness (QED) is 0.125. The molecule has 0 fully saturated rings. The summed E-state index contributed by atoms with van der Waals surface area (Å²) in [5.41, 5.74) is 10.6. The maximum atomic E-state index is 14.3. The van der Waals surface area contributed by atoms with Crippen LogP contribution in [0.2, 0.25) is 0 Å². The van der Waals surface area contributed by atoms with Gasteiger partial charge in [-0.15, -0.1) is 0 Å². The summed E-state index contributed by atoms with van der Waals surface area (Å²) in [4.78, 5) is 0.783. The topological polar surface area (TPSA) is 68.3 Å². The van der Waals surface area contributed by atoms with Crippen LogP contribution in [-0.2, 0) is 19.7 Å². The van der Waals surface area contributed by atoms with E-state index in [1.165, 1.54) is 11.1 Å². The normalized spacial score (nSPS) is 19.9. The lowest BCUT2D eigenvalue weighted by molar-refractivity contribution is 0.353. The lowest BCUT2D eigenvalue weighted by Gasteiger charge is -2.39. The zero-order chi connectivity index (χ0) is 44.5. The third kappa shape index (κ3) is 12.8. The maximum Gasteiger partial charge on any atom is 0.185 e. The molecule has 0 saturated heterocycles. The van der Waals surface area contributed by atoms with Gasteiger partial charge in [-0.3, -0.25) is 0 Å². The fourth-order valence-corrected chi connectivity index (χ4v) is 13.5. The van der Waals surface area contributed by atoms with Crippen molar-refractivity contribution in [1.29, 1.82) is 0 Å². The largest absolute Gasteiger partial charge is 0.223 e. The predicted octanol–water partition coefficient (Wildman–Crippen LogP) is 14.6. The Morgan fingerprint density at radius 2 is 0.867 bits per heavy atom. The molecule has 0 aliphatic heterocycles. The molecule has 6 heteroatoms. The highest BCUT2D eigenvalue weighted by molar-refractivity contribution is 7.92. The number of aryl methyl sites for hydroxylation is 2. The Bertz CT molecular complexity index is 2180. The minimum absolute atomic E-state index is 0.175. The van der Waals surface area contributed by atoms with Gasteiger partial charge in [0.15, 0.2) is 19.7 Å². The van der Waals surface area contributed by atoms with E-state index in [4.69, 9.17) is 0 Å². The molecule has 324 valence electrons. The molecule has 2 aliphatic rings. The fourth-order valence-electron chi connectivity index (χ4n) is 9.20.